The molecule has 1 atom stereocenters. The molecular weight excluding hydrogens is 402 g/mol. The first kappa shape index (κ1) is 21.8. The molecule has 0 amide bonds. The molecule has 1 aromatic heterocycles. The van der Waals surface area contributed by atoms with Crippen molar-refractivity contribution < 1.29 is 9.53 Å². The fourth-order valence-corrected chi connectivity index (χ4v) is 4.00. The van der Waals surface area contributed by atoms with E-state index in [0.29, 0.717) is 28.6 Å². The topological polar surface area (TPSA) is 93.4 Å². The van der Waals surface area contributed by atoms with Crippen molar-refractivity contribution in [3.63, 3.8) is 0 Å². The Balaban J connectivity index is 1.49. The van der Waals surface area contributed by atoms with Gasteiger partial charge in [-0.25, -0.2) is 9.97 Å². The first-order chi connectivity index (χ1) is 15.5. The summed E-state index contributed by atoms with van der Waals surface area (Å²) in [7, 11) is 0. The molecule has 2 aromatic carbocycles. The number of nitrogens with zero attached hydrogens (tertiary/aromatic N) is 3. The minimum absolute atomic E-state index is 0.175. The summed E-state index contributed by atoms with van der Waals surface area (Å²) < 4.78 is 5.81. The van der Waals surface area contributed by atoms with Crippen molar-refractivity contribution in [2.24, 2.45) is 5.92 Å². The summed E-state index contributed by atoms with van der Waals surface area (Å²) >= 11 is 0. The monoisotopic (exact) mass is 431 g/mol. The lowest BCUT2D eigenvalue weighted by molar-refractivity contribution is 0.103. The van der Waals surface area contributed by atoms with E-state index in [2.05, 4.69) is 34.0 Å². The van der Waals surface area contributed by atoms with Crippen LogP contribution in [0.3, 0.4) is 0 Å². The minimum atomic E-state index is -0.214. The molecule has 0 radical (unpaired) electrons. The zero-order valence-corrected chi connectivity index (χ0v) is 18.5. The molecule has 166 valence electrons. The molecule has 1 fully saturated rings. The molecule has 0 bridgehead atoms. The Kier molecular flexibility index (Phi) is 6.66. The van der Waals surface area contributed by atoms with Gasteiger partial charge in [0.2, 0.25) is 0 Å². The molecule has 0 saturated carbocycles. The number of rotatable bonds is 8. The first-order valence-electron chi connectivity index (χ1n) is 11.0. The molecule has 7 nitrogen and oxygen atoms in total. The number of ketones is 1. The third kappa shape index (κ3) is 5.23. The Morgan fingerprint density at radius 1 is 1.12 bits per heavy atom. The molecule has 0 unspecified atom stereocenters. The number of nitrogens with one attached hydrogen (secondary N) is 1. The Morgan fingerprint density at radius 2 is 1.84 bits per heavy atom. The SMILES string of the molecule is CC(C)CN1CC[C@H](Nc2ncnc(N)c2C(=O)c2ccc(Oc3ccccc3)cc2)C1. The number of para-hydroxylation sites is 1. The molecule has 32 heavy (non-hydrogen) atoms. The van der Waals surface area contributed by atoms with Gasteiger partial charge in [0.25, 0.3) is 0 Å². The van der Waals surface area contributed by atoms with Gasteiger partial charge in [0.1, 0.15) is 35.0 Å². The van der Waals surface area contributed by atoms with E-state index in [1.165, 1.54) is 6.33 Å². The number of anilines is 2. The second kappa shape index (κ2) is 9.78. The minimum Gasteiger partial charge on any atom is -0.457 e. The zero-order valence-electron chi connectivity index (χ0n) is 18.5. The number of carbonyl (C=O) groups is 1. The van der Waals surface area contributed by atoms with E-state index in [-0.39, 0.29) is 17.6 Å². The maximum absolute atomic E-state index is 13.3. The molecule has 1 aliphatic heterocycles. The summed E-state index contributed by atoms with van der Waals surface area (Å²) in [5.74, 6) is 2.46. The summed E-state index contributed by atoms with van der Waals surface area (Å²) in [4.78, 5) is 24.1. The summed E-state index contributed by atoms with van der Waals surface area (Å²) in [5.41, 5.74) is 6.93. The zero-order chi connectivity index (χ0) is 22.5. The van der Waals surface area contributed by atoms with Gasteiger partial charge < -0.3 is 20.7 Å². The van der Waals surface area contributed by atoms with Crippen LogP contribution in [0, 0.1) is 5.92 Å². The highest BCUT2D eigenvalue weighted by molar-refractivity contribution is 6.14. The number of ether oxygens (including phenoxy) is 1. The average molecular weight is 432 g/mol. The Labute approximate surface area is 188 Å². The molecule has 1 aliphatic rings. The Hall–Kier alpha value is -3.45. The van der Waals surface area contributed by atoms with Crippen LogP contribution in [0.2, 0.25) is 0 Å². The fraction of sp³-hybridized carbons (Fsp3) is 0.320. The number of aromatic nitrogens is 2. The average Bonchev–Trinajstić information content (AvgIpc) is 3.21. The quantitative estimate of drug-likeness (QED) is 0.516. The summed E-state index contributed by atoms with van der Waals surface area (Å²) in [5, 5.41) is 3.43. The van der Waals surface area contributed by atoms with Gasteiger partial charge in [-0.15, -0.1) is 0 Å². The van der Waals surface area contributed by atoms with Crippen LogP contribution < -0.4 is 15.8 Å². The lowest BCUT2D eigenvalue weighted by atomic mass is 10.0. The largest absolute Gasteiger partial charge is 0.457 e. The second-order valence-electron chi connectivity index (χ2n) is 8.53. The van der Waals surface area contributed by atoms with Crippen molar-refractivity contribution in [3.8, 4) is 11.5 Å². The van der Waals surface area contributed by atoms with Gasteiger partial charge in [-0.2, -0.15) is 0 Å². The number of benzene rings is 2. The molecule has 4 rings (SSSR count). The fourth-order valence-electron chi connectivity index (χ4n) is 4.00. The summed E-state index contributed by atoms with van der Waals surface area (Å²) in [6, 6.07) is 16.7. The van der Waals surface area contributed by atoms with Gasteiger partial charge >= 0.3 is 0 Å². The molecule has 7 heteroatoms. The van der Waals surface area contributed by atoms with Crippen LogP contribution >= 0.6 is 0 Å². The van der Waals surface area contributed by atoms with Crippen molar-refractivity contribution in [3.05, 3.63) is 72.1 Å². The molecular formula is C25H29N5O2. The third-order valence-corrected chi connectivity index (χ3v) is 5.44. The van der Waals surface area contributed by atoms with E-state index in [9.17, 15) is 4.79 Å². The van der Waals surface area contributed by atoms with Gasteiger partial charge in [0, 0.05) is 31.2 Å². The van der Waals surface area contributed by atoms with E-state index in [1.54, 1.807) is 24.3 Å². The molecule has 3 aromatic rings. The molecule has 2 heterocycles. The van der Waals surface area contributed by atoms with Crippen LogP contribution in [0.15, 0.2) is 60.9 Å². The van der Waals surface area contributed by atoms with Gasteiger partial charge in [-0.1, -0.05) is 32.0 Å². The van der Waals surface area contributed by atoms with Crippen molar-refractivity contribution >= 4 is 17.4 Å². The standard InChI is InChI=1S/C25H29N5O2/c1-17(2)14-30-13-12-19(15-30)29-25-22(24(26)27-16-28-25)23(31)18-8-10-21(11-9-18)32-20-6-4-3-5-7-20/h3-11,16-17,19H,12-15H2,1-2H3,(H3,26,27,28,29)/t19-/m0/s1. The maximum Gasteiger partial charge on any atom is 0.200 e. The molecule has 1 saturated heterocycles. The van der Waals surface area contributed by atoms with Crippen LogP contribution in [0.1, 0.15) is 36.2 Å². The Morgan fingerprint density at radius 3 is 2.56 bits per heavy atom. The van der Waals surface area contributed by atoms with E-state index in [0.717, 1.165) is 31.8 Å². The number of carbonyl (C=O) groups excluding carboxylic acids is 1. The first-order valence-corrected chi connectivity index (χ1v) is 11.0. The van der Waals surface area contributed by atoms with Crippen LogP contribution in [-0.2, 0) is 0 Å². The Bertz CT molecular complexity index is 1050. The lowest BCUT2D eigenvalue weighted by Gasteiger charge is -2.19. The summed E-state index contributed by atoms with van der Waals surface area (Å²) in [6.07, 6.45) is 2.39. The van der Waals surface area contributed by atoms with Gasteiger partial charge in [-0.05, 0) is 48.7 Å². The maximum atomic E-state index is 13.3. The highest BCUT2D eigenvalue weighted by Gasteiger charge is 2.26. The van der Waals surface area contributed by atoms with Crippen molar-refractivity contribution in [2.75, 3.05) is 30.7 Å². The van der Waals surface area contributed by atoms with Gasteiger partial charge in [0.15, 0.2) is 5.78 Å². The predicted molar refractivity (Wildman–Crippen MR) is 126 cm³/mol. The normalized spacial score (nSPS) is 16.3. The van der Waals surface area contributed by atoms with E-state index < -0.39 is 0 Å². The van der Waals surface area contributed by atoms with Crippen LogP contribution in [0.25, 0.3) is 0 Å². The number of likely N-dealkylation sites (tertiary alicyclic amines) is 1. The van der Waals surface area contributed by atoms with Crippen LogP contribution in [-0.4, -0.2) is 46.3 Å². The van der Waals surface area contributed by atoms with Crippen molar-refractivity contribution in [1.82, 2.24) is 14.9 Å². The van der Waals surface area contributed by atoms with E-state index in [4.69, 9.17) is 10.5 Å². The lowest BCUT2D eigenvalue weighted by Crippen LogP contribution is -2.29. The smallest absolute Gasteiger partial charge is 0.200 e. The highest BCUT2D eigenvalue weighted by Crippen LogP contribution is 2.26. The summed E-state index contributed by atoms with van der Waals surface area (Å²) in [6.45, 7) is 7.45. The van der Waals surface area contributed by atoms with E-state index in [1.807, 2.05) is 30.3 Å². The third-order valence-electron chi connectivity index (χ3n) is 5.44. The number of nitrogen functional groups attached to an aromatic ring is 1. The van der Waals surface area contributed by atoms with E-state index >= 15 is 0 Å². The molecule has 0 aliphatic carbocycles. The van der Waals surface area contributed by atoms with Crippen LogP contribution in [0.5, 0.6) is 11.5 Å². The number of nitrogens with two attached hydrogens (primary N) is 1. The molecule has 3 N–H and O–H groups in total. The van der Waals surface area contributed by atoms with Crippen molar-refractivity contribution in [1.29, 1.82) is 0 Å². The second-order valence-corrected chi connectivity index (χ2v) is 8.53. The van der Waals surface area contributed by atoms with Crippen molar-refractivity contribution in [2.45, 2.75) is 26.3 Å². The number of hydrogen-bond acceptors (Lipinski definition) is 7. The van der Waals surface area contributed by atoms with Gasteiger partial charge in [0.05, 0.1) is 0 Å². The number of hydrogen-bond donors (Lipinski definition) is 2. The molecule has 0 spiro atoms. The van der Waals surface area contributed by atoms with Crippen LogP contribution in [0.4, 0.5) is 11.6 Å². The highest BCUT2D eigenvalue weighted by atomic mass is 16.5. The van der Waals surface area contributed by atoms with Gasteiger partial charge in [-0.3, -0.25) is 4.79 Å². The predicted octanol–water partition coefficient (Wildman–Crippen LogP) is 4.22.